The van der Waals surface area contributed by atoms with E-state index in [1.54, 1.807) is 12.1 Å². The predicted octanol–water partition coefficient (Wildman–Crippen LogP) is 4.42. The van der Waals surface area contributed by atoms with Gasteiger partial charge in [-0.25, -0.2) is 0 Å². The molecule has 0 radical (unpaired) electrons. The van der Waals surface area contributed by atoms with Gasteiger partial charge in [0.05, 0.1) is 14.2 Å². The van der Waals surface area contributed by atoms with Gasteiger partial charge in [-0.05, 0) is 49.0 Å². The average molecular weight is 477 g/mol. The predicted molar refractivity (Wildman–Crippen MR) is 122 cm³/mol. The van der Waals surface area contributed by atoms with Gasteiger partial charge in [-0.3, -0.25) is 4.79 Å². The van der Waals surface area contributed by atoms with Gasteiger partial charge in [0.1, 0.15) is 6.17 Å². The van der Waals surface area contributed by atoms with Gasteiger partial charge in [0.25, 0.3) is 5.91 Å². The molecule has 1 atom stereocenters. The average Bonchev–Trinajstić information content (AvgIpc) is 2.67. The topological polar surface area (TPSA) is 71.6 Å². The van der Waals surface area contributed by atoms with Crippen LogP contribution < -0.4 is 25.4 Å². The number of halogens is 3. The van der Waals surface area contributed by atoms with Crippen LogP contribution in [-0.4, -0.2) is 35.2 Å². The van der Waals surface area contributed by atoms with Crippen molar-refractivity contribution in [2.75, 3.05) is 19.5 Å². The van der Waals surface area contributed by atoms with E-state index >= 15 is 0 Å². The molecular weight excluding hydrogens is 457 g/mol. The van der Waals surface area contributed by atoms with Gasteiger partial charge in [0.15, 0.2) is 16.6 Å². The molecule has 0 aliphatic rings. The molecule has 2 aromatic rings. The van der Waals surface area contributed by atoms with Crippen molar-refractivity contribution in [2.45, 2.75) is 16.9 Å². The zero-order valence-corrected chi connectivity index (χ0v) is 19.0. The molecule has 2 aromatic carbocycles. The second-order valence-corrected chi connectivity index (χ2v) is 8.71. The summed E-state index contributed by atoms with van der Waals surface area (Å²) in [4.78, 5) is 12.7. The molecule has 29 heavy (non-hydrogen) atoms. The Morgan fingerprint density at radius 3 is 2.28 bits per heavy atom. The Balaban J connectivity index is 2.13. The molecule has 0 fully saturated rings. The molecule has 0 saturated heterocycles. The van der Waals surface area contributed by atoms with Crippen LogP contribution in [0, 0.1) is 6.92 Å². The number of hydrogen-bond acceptors (Lipinski definition) is 4. The molecular formula is C19H20Cl3N3O3S. The lowest BCUT2D eigenvalue weighted by Crippen LogP contribution is -2.56. The van der Waals surface area contributed by atoms with Crippen molar-refractivity contribution >= 4 is 63.7 Å². The number of nitrogens with one attached hydrogen (secondary N) is 3. The van der Waals surface area contributed by atoms with Crippen LogP contribution in [0.2, 0.25) is 0 Å². The summed E-state index contributed by atoms with van der Waals surface area (Å²) in [5.74, 6) is 0.396. The van der Waals surface area contributed by atoms with E-state index in [4.69, 9.17) is 56.5 Å². The van der Waals surface area contributed by atoms with Crippen LogP contribution in [0.3, 0.4) is 0 Å². The van der Waals surface area contributed by atoms with Crippen LogP contribution in [0.25, 0.3) is 0 Å². The van der Waals surface area contributed by atoms with E-state index in [-0.39, 0.29) is 5.11 Å². The summed E-state index contributed by atoms with van der Waals surface area (Å²) in [6.07, 6.45) is -1.10. The first-order chi connectivity index (χ1) is 13.7. The lowest BCUT2D eigenvalue weighted by atomic mass is 10.2. The molecule has 156 valence electrons. The standard InChI is InChI=1S/C19H20Cl3N3O3S/c1-11-6-4-5-7-13(11)23-18(29)25-17(19(20,21)22)24-16(26)12-8-9-14(27-2)15(10-12)28-3/h4-10,17H,1-3H3,(H,24,26)(H2,23,25,29)/t17-/m1/s1. The highest BCUT2D eigenvalue weighted by Crippen LogP contribution is 2.30. The number of amides is 1. The maximum atomic E-state index is 12.7. The number of carbonyl (C=O) groups is 1. The Labute approximate surface area is 189 Å². The summed E-state index contributed by atoms with van der Waals surface area (Å²) in [5, 5.41) is 8.64. The van der Waals surface area contributed by atoms with Gasteiger partial charge in [0.2, 0.25) is 3.79 Å². The van der Waals surface area contributed by atoms with Gasteiger partial charge < -0.3 is 25.4 Å². The summed E-state index contributed by atoms with van der Waals surface area (Å²) in [6.45, 7) is 1.93. The van der Waals surface area contributed by atoms with Crippen LogP contribution in [0.4, 0.5) is 5.69 Å². The largest absolute Gasteiger partial charge is 0.493 e. The van der Waals surface area contributed by atoms with Crippen LogP contribution in [-0.2, 0) is 0 Å². The zero-order valence-electron chi connectivity index (χ0n) is 15.9. The summed E-state index contributed by atoms with van der Waals surface area (Å²) in [7, 11) is 2.98. The fourth-order valence-corrected chi connectivity index (χ4v) is 2.95. The van der Waals surface area contributed by atoms with Gasteiger partial charge >= 0.3 is 0 Å². The molecule has 0 aliphatic carbocycles. The van der Waals surface area contributed by atoms with Crippen molar-refractivity contribution in [2.24, 2.45) is 0 Å². The molecule has 2 rings (SSSR count). The highest BCUT2D eigenvalue weighted by atomic mass is 35.6. The molecule has 0 bridgehead atoms. The van der Waals surface area contributed by atoms with Crippen molar-refractivity contribution in [1.82, 2.24) is 10.6 Å². The minimum absolute atomic E-state index is 0.184. The summed E-state index contributed by atoms with van der Waals surface area (Å²) < 4.78 is 8.51. The number of anilines is 1. The second kappa shape index (κ2) is 10.2. The van der Waals surface area contributed by atoms with E-state index in [1.165, 1.54) is 20.3 Å². The Bertz CT molecular complexity index is 890. The fourth-order valence-electron chi connectivity index (χ4n) is 2.39. The Morgan fingerprint density at radius 1 is 1.03 bits per heavy atom. The molecule has 1 amide bonds. The number of benzene rings is 2. The Hall–Kier alpha value is -1.93. The lowest BCUT2D eigenvalue weighted by Gasteiger charge is -2.28. The van der Waals surface area contributed by atoms with Crippen molar-refractivity contribution in [3.05, 3.63) is 53.6 Å². The second-order valence-electron chi connectivity index (χ2n) is 5.93. The van der Waals surface area contributed by atoms with Crippen LogP contribution in [0.5, 0.6) is 11.5 Å². The molecule has 6 nitrogen and oxygen atoms in total. The number of alkyl halides is 3. The van der Waals surface area contributed by atoms with Gasteiger partial charge in [-0.2, -0.15) is 0 Å². The van der Waals surface area contributed by atoms with E-state index in [1.807, 2.05) is 31.2 Å². The normalized spacial score (nSPS) is 11.9. The zero-order chi connectivity index (χ0) is 21.6. The highest BCUT2D eigenvalue weighted by Gasteiger charge is 2.35. The molecule has 0 spiro atoms. The van der Waals surface area contributed by atoms with E-state index in [0.29, 0.717) is 17.1 Å². The van der Waals surface area contributed by atoms with Crippen LogP contribution in [0.1, 0.15) is 15.9 Å². The molecule has 0 aromatic heterocycles. The smallest absolute Gasteiger partial charge is 0.253 e. The monoisotopic (exact) mass is 475 g/mol. The third-order valence-corrected chi connectivity index (χ3v) is 4.79. The van der Waals surface area contributed by atoms with Gasteiger partial charge in [-0.15, -0.1) is 0 Å². The summed E-state index contributed by atoms with van der Waals surface area (Å²) in [6, 6.07) is 12.2. The quantitative estimate of drug-likeness (QED) is 0.326. The number of rotatable bonds is 6. The van der Waals surface area contributed by atoms with E-state index in [9.17, 15) is 4.79 Å². The first kappa shape index (κ1) is 23.3. The fraction of sp³-hybridized carbons (Fsp3) is 0.263. The maximum Gasteiger partial charge on any atom is 0.253 e. The van der Waals surface area contributed by atoms with E-state index < -0.39 is 15.9 Å². The molecule has 0 saturated carbocycles. The number of hydrogen-bond donors (Lipinski definition) is 3. The first-order valence-electron chi connectivity index (χ1n) is 8.38. The van der Waals surface area contributed by atoms with Crippen LogP contribution in [0.15, 0.2) is 42.5 Å². The molecule has 10 heteroatoms. The summed E-state index contributed by atoms with van der Waals surface area (Å²) >= 11 is 23.4. The molecule has 0 aliphatic heterocycles. The first-order valence-corrected chi connectivity index (χ1v) is 9.92. The molecule has 3 N–H and O–H groups in total. The number of para-hydroxylation sites is 1. The molecule has 0 heterocycles. The summed E-state index contributed by atoms with van der Waals surface area (Å²) in [5.41, 5.74) is 2.07. The third-order valence-electron chi connectivity index (χ3n) is 3.92. The number of methoxy groups -OCH3 is 2. The Morgan fingerprint density at radius 2 is 1.69 bits per heavy atom. The third kappa shape index (κ3) is 6.54. The molecule has 0 unspecified atom stereocenters. The van der Waals surface area contributed by atoms with Gasteiger partial charge in [0, 0.05) is 11.3 Å². The minimum atomic E-state index is -1.87. The lowest BCUT2D eigenvalue weighted by molar-refractivity contribution is 0.0934. The highest BCUT2D eigenvalue weighted by molar-refractivity contribution is 7.80. The SMILES string of the molecule is COc1ccc(C(=O)N[C@H](NC(=S)Nc2ccccc2C)C(Cl)(Cl)Cl)cc1OC. The Kier molecular flexibility index (Phi) is 8.22. The maximum absolute atomic E-state index is 12.7. The number of thiocarbonyl (C=S) groups is 1. The van der Waals surface area contributed by atoms with Crippen molar-refractivity contribution < 1.29 is 14.3 Å². The number of ether oxygens (including phenoxy) is 2. The minimum Gasteiger partial charge on any atom is -0.493 e. The van der Waals surface area contributed by atoms with E-state index in [0.717, 1.165) is 11.3 Å². The van der Waals surface area contributed by atoms with Gasteiger partial charge in [-0.1, -0.05) is 53.0 Å². The number of carbonyl (C=O) groups excluding carboxylic acids is 1. The van der Waals surface area contributed by atoms with Crippen molar-refractivity contribution in [3.63, 3.8) is 0 Å². The van der Waals surface area contributed by atoms with Crippen LogP contribution >= 0.6 is 47.0 Å². The van der Waals surface area contributed by atoms with Crippen molar-refractivity contribution in [1.29, 1.82) is 0 Å². The number of aryl methyl sites for hydroxylation is 1. The van der Waals surface area contributed by atoms with E-state index in [2.05, 4.69) is 16.0 Å². The van der Waals surface area contributed by atoms with Crippen molar-refractivity contribution in [3.8, 4) is 11.5 Å².